The molecule has 24 heavy (non-hydrogen) atoms. The Morgan fingerprint density at radius 2 is 2.08 bits per heavy atom. The van der Waals surface area contributed by atoms with Crippen molar-refractivity contribution < 1.29 is 9.53 Å². The van der Waals surface area contributed by atoms with Crippen LogP contribution in [0.4, 0.5) is 5.13 Å². The number of thiazole rings is 1. The van der Waals surface area contributed by atoms with E-state index in [1.54, 1.807) is 7.11 Å². The van der Waals surface area contributed by atoms with E-state index < -0.39 is 0 Å². The topological polar surface area (TPSA) is 54.5 Å². The monoisotopic (exact) mass is 345 g/mol. The molecule has 1 amide bonds. The van der Waals surface area contributed by atoms with Crippen molar-refractivity contribution in [3.8, 4) is 5.75 Å². The molecule has 0 spiro atoms. The van der Waals surface area contributed by atoms with Crippen molar-refractivity contribution in [2.75, 3.05) is 25.5 Å². The fourth-order valence-electron chi connectivity index (χ4n) is 2.97. The zero-order valence-electron chi connectivity index (χ0n) is 14.0. The van der Waals surface area contributed by atoms with Crippen molar-refractivity contribution in [2.45, 2.75) is 32.2 Å². The molecule has 1 aromatic heterocycles. The maximum Gasteiger partial charge on any atom is 0.230 e. The fraction of sp³-hybridized carbons (Fsp3) is 0.444. The molecule has 5 nitrogen and oxygen atoms in total. The van der Waals surface area contributed by atoms with Gasteiger partial charge in [0.1, 0.15) is 5.75 Å². The third kappa shape index (κ3) is 4.55. The van der Waals surface area contributed by atoms with Crippen LogP contribution in [0.25, 0.3) is 0 Å². The van der Waals surface area contributed by atoms with Crippen molar-refractivity contribution in [1.29, 1.82) is 0 Å². The second kappa shape index (κ2) is 8.26. The Morgan fingerprint density at radius 3 is 2.88 bits per heavy atom. The van der Waals surface area contributed by atoms with Gasteiger partial charge in [-0.25, -0.2) is 4.98 Å². The molecule has 0 atom stereocenters. The summed E-state index contributed by atoms with van der Waals surface area (Å²) in [5.41, 5.74) is 1.91. The van der Waals surface area contributed by atoms with Crippen LogP contribution in [0.1, 0.15) is 30.5 Å². The Hall–Kier alpha value is -1.92. The van der Waals surface area contributed by atoms with Crippen molar-refractivity contribution >= 4 is 22.4 Å². The number of carbonyl (C=O) groups is 1. The molecule has 2 heterocycles. The van der Waals surface area contributed by atoms with Crippen LogP contribution < -0.4 is 10.1 Å². The van der Waals surface area contributed by atoms with E-state index in [0.29, 0.717) is 5.13 Å². The summed E-state index contributed by atoms with van der Waals surface area (Å²) in [5, 5.41) is 5.60. The highest BCUT2D eigenvalue weighted by atomic mass is 32.1. The smallest absolute Gasteiger partial charge is 0.230 e. The van der Waals surface area contributed by atoms with Gasteiger partial charge in [-0.15, -0.1) is 11.3 Å². The van der Waals surface area contributed by atoms with Crippen LogP contribution in [0.3, 0.4) is 0 Å². The van der Waals surface area contributed by atoms with Crippen molar-refractivity contribution in [3.63, 3.8) is 0 Å². The Bertz CT molecular complexity index is 680. The summed E-state index contributed by atoms with van der Waals surface area (Å²) in [5.74, 6) is 0.663. The van der Waals surface area contributed by atoms with Gasteiger partial charge in [-0.05, 0) is 32.0 Å². The van der Waals surface area contributed by atoms with Crippen molar-refractivity contribution in [1.82, 2.24) is 9.88 Å². The number of rotatable bonds is 6. The van der Waals surface area contributed by atoms with Crippen molar-refractivity contribution in [3.05, 3.63) is 40.9 Å². The number of ether oxygens (including phenoxy) is 1. The molecular formula is C18H23N3O2S. The summed E-state index contributed by atoms with van der Waals surface area (Å²) < 4.78 is 5.29. The zero-order chi connectivity index (χ0) is 16.8. The second-order valence-electron chi connectivity index (χ2n) is 6.02. The van der Waals surface area contributed by atoms with Gasteiger partial charge in [-0.2, -0.15) is 0 Å². The van der Waals surface area contributed by atoms with Crippen LogP contribution in [0, 0.1) is 0 Å². The number of hydrogen-bond donors (Lipinski definition) is 1. The van der Waals surface area contributed by atoms with Gasteiger partial charge >= 0.3 is 0 Å². The number of carbonyl (C=O) groups excluding carboxylic acids is 1. The molecule has 1 saturated heterocycles. The van der Waals surface area contributed by atoms with Gasteiger partial charge < -0.3 is 10.1 Å². The normalized spacial score (nSPS) is 15.2. The molecule has 0 unspecified atom stereocenters. The maximum absolute atomic E-state index is 12.2. The molecule has 6 heteroatoms. The number of nitrogens with one attached hydrogen (secondary N) is 1. The summed E-state index contributed by atoms with van der Waals surface area (Å²) in [6.07, 6.45) is 4.15. The van der Waals surface area contributed by atoms with Crippen LogP contribution in [0.5, 0.6) is 5.75 Å². The third-order valence-electron chi connectivity index (χ3n) is 4.18. The average molecular weight is 345 g/mol. The number of likely N-dealkylation sites (tertiary alicyclic amines) is 1. The molecule has 2 aromatic rings. The number of nitrogens with zero attached hydrogens (tertiary/aromatic N) is 2. The first-order valence-corrected chi connectivity index (χ1v) is 9.21. The number of benzene rings is 1. The minimum Gasteiger partial charge on any atom is -0.496 e. The minimum absolute atomic E-state index is 0.0710. The molecule has 1 aliphatic heterocycles. The lowest BCUT2D eigenvalue weighted by atomic mass is 10.1. The number of anilines is 1. The quantitative estimate of drug-likeness (QED) is 0.873. The molecule has 128 valence electrons. The Labute approximate surface area is 146 Å². The lowest BCUT2D eigenvalue weighted by molar-refractivity contribution is -0.115. The number of piperidine rings is 1. The van der Waals surface area contributed by atoms with E-state index >= 15 is 0 Å². The molecule has 1 aliphatic rings. The molecule has 1 aromatic carbocycles. The SMILES string of the molecule is COc1ccccc1CC(=O)Nc1nc(CN2CCCCC2)cs1. The Morgan fingerprint density at radius 1 is 1.29 bits per heavy atom. The molecule has 1 N–H and O–H groups in total. The number of para-hydroxylation sites is 1. The predicted molar refractivity (Wildman–Crippen MR) is 96.6 cm³/mol. The van der Waals surface area contributed by atoms with Gasteiger partial charge in [0.15, 0.2) is 5.13 Å². The summed E-state index contributed by atoms with van der Waals surface area (Å²) in [7, 11) is 1.62. The molecular weight excluding hydrogens is 322 g/mol. The molecule has 3 rings (SSSR count). The van der Waals surface area contributed by atoms with E-state index in [-0.39, 0.29) is 12.3 Å². The van der Waals surface area contributed by atoms with E-state index in [4.69, 9.17) is 4.74 Å². The van der Waals surface area contributed by atoms with Gasteiger partial charge in [0.2, 0.25) is 5.91 Å². The fourth-order valence-corrected chi connectivity index (χ4v) is 3.69. The second-order valence-corrected chi connectivity index (χ2v) is 6.88. The van der Waals surface area contributed by atoms with Gasteiger partial charge in [0.25, 0.3) is 0 Å². The third-order valence-corrected chi connectivity index (χ3v) is 4.98. The predicted octanol–water partition coefficient (Wildman–Crippen LogP) is 3.32. The number of aromatic nitrogens is 1. The van der Waals surface area contributed by atoms with E-state index in [9.17, 15) is 4.79 Å². The van der Waals surface area contributed by atoms with E-state index in [1.807, 2.05) is 29.6 Å². The Balaban J connectivity index is 1.55. The van der Waals surface area contributed by atoms with Crippen molar-refractivity contribution in [2.24, 2.45) is 0 Å². The largest absolute Gasteiger partial charge is 0.496 e. The maximum atomic E-state index is 12.2. The van der Waals surface area contributed by atoms with E-state index in [0.717, 1.165) is 36.6 Å². The minimum atomic E-state index is -0.0710. The first-order valence-electron chi connectivity index (χ1n) is 8.33. The summed E-state index contributed by atoms with van der Waals surface area (Å²) in [6, 6.07) is 7.57. The van der Waals surface area contributed by atoms with Gasteiger partial charge in [0, 0.05) is 17.5 Å². The number of hydrogen-bond acceptors (Lipinski definition) is 5. The molecule has 0 bridgehead atoms. The average Bonchev–Trinajstić information content (AvgIpc) is 3.03. The Kier molecular flexibility index (Phi) is 5.82. The van der Waals surface area contributed by atoms with Crippen LogP contribution in [-0.4, -0.2) is 36.0 Å². The molecule has 0 saturated carbocycles. The van der Waals surface area contributed by atoms with E-state index in [2.05, 4.69) is 15.2 Å². The lowest BCUT2D eigenvalue weighted by Crippen LogP contribution is -2.29. The summed E-state index contributed by atoms with van der Waals surface area (Å²) >= 11 is 1.49. The highest BCUT2D eigenvalue weighted by molar-refractivity contribution is 7.13. The standard InChI is InChI=1S/C18H23N3O2S/c1-23-16-8-4-3-7-14(16)11-17(22)20-18-19-15(13-24-18)12-21-9-5-2-6-10-21/h3-4,7-8,13H,2,5-6,9-12H2,1H3,(H,19,20,22). The zero-order valence-corrected chi connectivity index (χ0v) is 14.8. The summed E-state index contributed by atoms with van der Waals surface area (Å²) in [4.78, 5) is 19.2. The van der Waals surface area contributed by atoms with Gasteiger partial charge in [-0.1, -0.05) is 24.6 Å². The van der Waals surface area contributed by atoms with E-state index in [1.165, 1.54) is 30.6 Å². The summed E-state index contributed by atoms with van der Waals surface area (Å²) in [6.45, 7) is 3.17. The van der Waals surface area contributed by atoms with Crippen LogP contribution in [0.2, 0.25) is 0 Å². The van der Waals surface area contributed by atoms with Gasteiger partial charge in [0.05, 0.1) is 19.2 Å². The lowest BCUT2D eigenvalue weighted by Gasteiger charge is -2.25. The first-order chi connectivity index (χ1) is 11.7. The number of amides is 1. The highest BCUT2D eigenvalue weighted by Gasteiger charge is 2.14. The molecule has 0 radical (unpaired) electrons. The van der Waals surface area contributed by atoms with Crippen LogP contribution >= 0.6 is 11.3 Å². The highest BCUT2D eigenvalue weighted by Crippen LogP contribution is 2.21. The van der Waals surface area contributed by atoms with Crippen LogP contribution in [0.15, 0.2) is 29.6 Å². The van der Waals surface area contributed by atoms with Gasteiger partial charge in [-0.3, -0.25) is 9.69 Å². The molecule has 1 fully saturated rings. The first kappa shape index (κ1) is 16.9. The van der Waals surface area contributed by atoms with Crippen LogP contribution in [-0.2, 0) is 17.8 Å². The molecule has 0 aliphatic carbocycles. The number of methoxy groups -OCH3 is 1.